The average Bonchev–Trinajstić information content (AvgIpc) is 3.64. The van der Waals surface area contributed by atoms with Crippen molar-refractivity contribution in [1.82, 2.24) is 29.3 Å². The molecule has 0 saturated heterocycles. The molecule has 6 rings (SSSR count). The third kappa shape index (κ3) is 7.54. The number of hydrogen-bond donors (Lipinski definition) is 2. The van der Waals surface area contributed by atoms with E-state index in [0.717, 1.165) is 65.6 Å². The second kappa shape index (κ2) is 14.6. The number of aryl methyl sites for hydroxylation is 2. The maximum atomic E-state index is 14.5. The van der Waals surface area contributed by atoms with Gasteiger partial charge in [0.15, 0.2) is 5.82 Å². The molecule has 2 aromatic carbocycles. The maximum Gasteiger partial charge on any atom is 1.00 e. The SMILES string of the molecule is CCCc1c(Cc2ccc(-c3ccccc3-c3noc(=O)[nH]3)cc2)c(=O)n(C2CCC(C)(OC(C)C(C)(C)O)CC2)c2nc(C)nn12.[H-].[K+]. The molecule has 0 spiro atoms. The van der Waals surface area contributed by atoms with Gasteiger partial charge < -0.3 is 11.3 Å². The summed E-state index contributed by atoms with van der Waals surface area (Å²) in [5.74, 6) is 0.996. The standard InChI is InChI=1S/C36H44N6O5.K.H/c1-7-10-30-29(21-24-13-15-25(16-14-24)27-11-8-9-12-28(27)31-38-34(44)47-40-31)32(43)41(33-37-23(3)39-42(30)33)26-17-19-36(6,20-18-26)46-22(2)35(4,5)45;;/h8-9,11-16,22,26,45H,7,10,17-21H2,1-6H3,(H,38,40,44);;/q;+1;-1. The number of nitrogens with zero attached hydrogens (tertiary/aromatic N) is 5. The van der Waals surface area contributed by atoms with Crippen molar-refractivity contribution < 1.29 is 67.2 Å². The first-order valence-electron chi connectivity index (χ1n) is 16.5. The Hall–Kier alpha value is -2.71. The largest absolute Gasteiger partial charge is 1.00 e. The van der Waals surface area contributed by atoms with Crippen molar-refractivity contribution in [3.8, 4) is 22.5 Å². The van der Waals surface area contributed by atoms with Crippen molar-refractivity contribution in [1.29, 1.82) is 0 Å². The first-order chi connectivity index (χ1) is 22.4. The molecule has 11 nitrogen and oxygen atoms in total. The van der Waals surface area contributed by atoms with E-state index in [-0.39, 0.29) is 76.1 Å². The van der Waals surface area contributed by atoms with E-state index >= 15 is 0 Å². The number of benzene rings is 2. The number of aromatic nitrogens is 6. The molecule has 3 aromatic heterocycles. The van der Waals surface area contributed by atoms with Gasteiger partial charge in [-0.2, -0.15) is 10.1 Å². The van der Waals surface area contributed by atoms with Gasteiger partial charge in [0.05, 0.1) is 23.0 Å². The Balaban J connectivity index is 0.00000270. The molecule has 1 aliphatic rings. The van der Waals surface area contributed by atoms with Crippen LogP contribution in [0.15, 0.2) is 62.6 Å². The van der Waals surface area contributed by atoms with Gasteiger partial charge >= 0.3 is 57.1 Å². The Labute approximate surface area is 324 Å². The number of aliphatic hydroxyl groups is 1. The number of fused-ring (bicyclic) bond motifs is 1. The van der Waals surface area contributed by atoms with Crippen LogP contribution in [0, 0.1) is 6.92 Å². The predicted octanol–water partition coefficient (Wildman–Crippen LogP) is 2.92. The Morgan fingerprint density at radius 3 is 2.40 bits per heavy atom. The summed E-state index contributed by atoms with van der Waals surface area (Å²) in [6, 6.07) is 15.8. The zero-order valence-electron chi connectivity index (χ0n) is 30.0. The van der Waals surface area contributed by atoms with Crippen LogP contribution in [0.2, 0.25) is 0 Å². The first kappa shape index (κ1) is 36.6. The summed E-state index contributed by atoms with van der Waals surface area (Å²) in [7, 11) is 0. The molecule has 250 valence electrons. The number of ether oxygens (including phenoxy) is 1. The Morgan fingerprint density at radius 2 is 1.79 bits per heavy atom. The molecule has 0 bridgehead atoms. The minimum atomic E-state index is -0.940. The van der Waals surface area contributed by atoms with Crippen LogP contribution in [0.25, 0.3) is 28.3 Å². The number of aromatic amines is 1. The van der Waals surface area contributed by atoms with Gasteiger partial charge in [-0.3, -0.25) is 18.9 Å². The van der Waals surface area contributed by atoms with Crippen LogP contribution < -0.4 is 62.7 Å². The van der Waals surface area contributed by atoms with E-state index in [1.54, 1.807) is 13.8 Å². The van der Waals surface area contributed by atoms with Crippen LogP contribution in [-0.4, -0.2) is 51.7 Å². The third-order valence-corrected chi connectivity index (χ3v) is 9.58. The van der Waals surface area contributed by atoms with Crippen LogP contribution in [0.1, 0.15) is 96.8 Å². The minimum absolute atomic E-state index is 0. The summed E-state index contributed by atoms with van der Waals surface area (Å²) in [5, 5.41) is 19.1. The molecular weight excluding hydrogens is 636 g/mol. The second-order valence-corrected chi connectivity index (χ2v) is 13.7. The van der Waals surface area contributed by atoms with Gasteiger partial charge in [-0.25, -0.2) is 9.31 Å². The fourth-order valence-electron chi connectivity index (χ4n) is 6.68. The quantitative estimate of drug-likeness (QED) is 0.215. The van der Waals surface area contributed by atoms with Crippen molar-refractivity contribution in [2.75, 3.05) is 0 Å². The van der Waals surface area contributed by atoms with Crippen molar-refractivity contribution in [3.63, 3.8) is 0 Å². The molecule has 3 heterocycles. The van der Waals surface area contributed by atoms with Crippen LogP contribution >= 0.6 is 0 Å². The summed E-state index contributed by atoms with van der Waals surface area (Å²) >= 11 is 0. The topological polar surface area (TPSA) is 141 Å². The van der Waals surface area contributed by atoms with E-state index in [0.29, 0.717) is 30.3 Å². The zero-order chi connectivity index (χ0) is 33.5. The average molecular weight is 681 g/mol. The van der Waals surface area contributed by atoms with E-state index < -0.39 is 11.4 Å². The van der Waals surface area contributed by atoms with Gasteiger partial charge in [-0.15, -0.1) is 0 Å². The minimum Gasteiger partial charge on any atom is -1.00 e. The maximum absolute atomic E-state index is 14.5. The van der Waals surface area contributed by atoms with Crippen molar-refractivity contribution >= 4 is 5.78 Å². The monoisotopic (exact) mass is 680 g/mol. The summed E-state index contributed by atoms with van der Waals surface area (Å²) in [5.41, 5.74) is 3.92. The summed E-state index contributed by atoms with van der Waals surface area (Å²) in [6.07, 6.45) is 4.76. The van der Waals surface area contributed by atoms with Gasteiger partial charge in [0.1, 0.15) is 5.82 Å². The number of hydrogen-bond acceptors (Lipinski definition) is 8. The molecule has 1 fully saturated rings. The van der Waals surface area contributed by atoms with Crippen LogP contribution in [0.5, 0.6) is 0 Å². The van der Waals surface area contributed by atoms with Gasteiger partial charge in [-0.1, -0.05) is 67.0 Å². The van der Waals surface area contributed by atoms with E-state index in [4.69, 9.17) is 19.3 Å². The van der Waals surface area contributed by atoms with Crippen LogP contribution in [0.3, 0.4) is 0 Å². The molecule has 5 aromatic rings. The molecular formula is C36H45KN6O5. The number of rotatable bonds is 10. The Kier molecular flexibility index (Phi) is 11.2. The normalized spacial score (nSPS) is 18.9. The van der Waals surface area contributed by atoms with E-state index in [2.05, 4.69) is 24.0 Å². The predicted molar refractivity (Wildman–Crippen MR) is 181 cm³/mol. The number of H-pyrrole nitrogens is 1. The third-order valence-electron chi connectivity index (χ3n) is 9.58. The molecule has 48 heavy (non-hydrogen) atoms. The Morgan fingerprint density at radius 1 is 1.12 bits per heavy atom. The molecule has 2 N–H and O–H groups in total. The summed E-state index contributed by atoms with van der Waals surface area (Å²) < 4.78 is 14.9. The fourth-order valence-corrected chi connectivity index (χ4v) is 6.68. The molecule has 1 aliphatic carbocycles. The molecule has 1 unspecified atom stereocenters. The van der Waals surface area contributed by atoms with E-state index in [1.165, 1.54) is 0 Å². The van der Waals surface area contributed by atoms with E-state index in [1.807, 2.05) is 71.5 Å². The smallest absolute Gasteiger partial charge is 1.00 e. The van der Waals surface area contributed by atoms with Gasteiger partial charge in [0.2, 0.25) is 5.78 Å². The first-order valence-corrected chi connectivity index (χ1v) is 16.5. The van der Waals surface area contributed by atoms with Gasteiger partial charge in [0, 0.05) is 23.6 Å². The number of nitrogens with one attached hydrogen (secondary N) is 1. The summed E-state index contributed by atoms with van der Waals surface area (Å²) in [6.45, 7) is 11.5. The van der Waals surface area contributed by atoms with Gasteiger partial charge in [-0.05, 0) is 83.4 Å². The second-order valence-electron chi connectivity index (χ2n) is 13.7. The fraction of sp³-hybridized carbons (Fsp3) is 0.472. The molecule has 12 heteroatoms. The van der Waals surface area contributed by atoms with Gasteiger partial charge in [0.25, 0.3) is 5.56 Å². The van der Waals surface area contributed by atoms with Crippen molar-refractivity contribution in [2.45, 2.75) is 110 Å². The molecule has 1 saturated carbocycles. The molecule has 0 radical (unpaired) electrons. The van der Waals surface area contributed by atoms with E-state index in [9.17, 15) is 14.7 Å². The molecule has 1 atom stereocenters. The summed E-state index contributed by atoms with van der Waals surface area (Å²) in [4.78, 5) is 33.5. The van der Waals surface area contributed by atoms with Crippen molar-refractivity contribution in [3.05, 3.63) is 92.1 Å². The van der Waals surface area contributed by atoms with Crippen LogP contribution in [-0.2, 0) is 17.6 Å². The molecule has 0 aliphatic heterocycles. The van der Waals surface area contributed by atoms with Crippen molar-refractivity contribution in [2.24, 2.45) is 0 Å². The zero-order valence-corrected chi connectivity index (χ0v) is 32.2. The Bertz CT molecular complexity index is 2000. The van der Waals surface area contributed by atoms with Crippen LogP contribution in [0.4, 0.5) is 0 Å². The molecule has 0 amide bonds.